The van der Waals surface area contributed by atoms with Gasteiger partial charge in [-0.15, -0.1) is 13.2 Å². The van der Waals surface area contributed by atoms with Crippen molar-refractivity contribution in [1.82, 2.24) is 4.90 Å². The summed E-state index contributed by atoms with van der Waals surface area (Å²) in [6.07, 6.45) is -4.29. The number of anilines is 1. The van der Waals surface area contributed by atoms with Gasteiger partial charge in [0, 0.05) is 25.4 Å². The smallest absolute Gasteiger partial charge is 0.406 e. The van der Waals surface area contributed by atoms with Gasteiger partial charge in [0.1, 0.15) is 5.75 Å². The van der Waals surface area contributed by atoms with Gasteiger partial charge in [-0.05, 0) is 42.9 Å². The summed E-state index contributed by atoms with van der Waals surface area (Å²) in [5.41, 5.74) is 0.466. The maximum absolute atomic E-state index is 12.2. The van der Waals surface area contributed by atoms with E-state index in [1.807, 2.05) is 0 Å². The van der Waals surface area contributed by atoms with Crippen LogP contribution in [0.5, 0.6) is 5.75 Å². The summed E-state index contributed by atoms with van der Waals surface area (Å²) in [5, 5.41) is 3.20. The Morgan fingerprint density at radius 1 is 1.35 bits per heavy atom. The Bertz CT molecular complexity index is 723. The fourth-order valence-electron chi connectivity index (χ4n) is 2.60. The predicted molar refractivity (Wildman–Crippen MR) is 95.0 cm³/mol. The van der Waals surface area contributed by atoms with Crippen LogP contribution < -0.4 is 10.1 Å². The number of thiocarbonyl (C=S) groups is 1. The zero-order valence-electron chi connectivity index (χ0n) is 14.0. The fraction of sp³-hybridized carbons (Fsp3) is 0.533. The molecule has 0 unspecified atom stereocenters. The molecule has 1 aromatic carbocycles. The molecule has 1 saturated heterocycles. The van der Waals surface area contributed by atoms with Crippen molar-refractivity contribution in [3.8, 4) is 5.75 Å². The molecule has 1 atom stereocenters. The Labute approximate surface area is 155 Å². The van der Waals surface area contributed by atoms with Crippen LogP contribution >= 0.6 is 12.2 Å². The number of nitrogens with one attached hydrogen (secondary N) is 1. The topological polar surface area (TPSA) is 67.9 Å². The Morgan fingerprint density at radius 3 is 2.50 bits per heavy atom. The average molecular weight is 412 g/mol. The van der Waals surface area contributed by atoms with Crippen LogP contribution in [0.15, 0.2) is 24.3 Å². The molecule has 6 nitrogen and oxygen atoms in total. The molecule has 0 saturated carbocycles. The fourth-order valence-corrected chi connectivity index (χ4v) is 4.68. The molecule has 0 bridgehead atoms. The van der Waals surface area contributed by atoms with Gasteiger partial charge < -0.3 is 19.7 Å². The summed E-state index contributed by atoms with van der Waals surface area (Å²) in [4.78, 5) is 1.74. The number of benzene rings is 1. The first-order valence-corrected chi connectivity index (χ1v) is 9.95. The second-order valence-corrected chi connectivity index (χ2v) is 8.36. The third-order valence-electron chi connectivity index (χ3n) is 3.79. The summed E-state index contributed by atoms with van der Waals surface area (Å²) in [7, 11) is -1.56. The first-order valence-electron chi connectivity index (χ1n) is 7.72. The molecule has 0 spiro atoms. The number of hydrogen-bond donors (Lipinski definition) is 1. The summed E-state index contributed by atoms with van der Waals surface area (Å²) in [5.74, 6) is -0.225. The molecular formula is C15H19F3N2O4S2. The quantitative estimate of drug-likeness (QED) is 0.720. The van der Waals surface area contributed by atoms with E-state index in [1.165, 1.54) is 19.2 Å². The molecule has 1 N–H and O–H groups in total. The van der Waals surface area contributed by atoms with Crippen LogP contribution in [0.1, 0.15) is 6.42 Å². The van der Waals surface area contributed by atoms with Crippen LogP contribution in [0.25, 0.3) is 0 Å². The van der Waals surface area contributed by atoms with Crippen molar-refractivity contribution in [2.24, 2.45) is 0 Å². The average Bonchev–Trinajstić information content (AvgIpc) is 2.88. The third-order valence-corrected chi connectivity index (χ3v) is 5.87. The summed E-state index contributed by atoms with van der Waals surface area (Å²) >= 11 is 5.36. The summed E-state index contributed by atoms with van der Waals surface area (Å²) in [6.45, 7) is 0.758. The second-order valence-electron chi connectivity index (χ2n) is 5.75. The molecule has 0 aliphatic carbocycles. The highest BCUT2D eigenvalue weighted by molar-refractivity contribution is 7.91. The Morgan fingerprint density at radius 2 is 2.00 bits per heavy atom. The Kier molecular flexibility index (Phi) is 6.69. The first kappa shape index (κ1) is 20.7. The van der Waals surface area contributed by atoms with E-state index in [4.69, 9.17) is 17.0 Å². The number of sulfone groups is 1. The standard InChI is InChI=1S/C15H19F3N2O4S2/c1-23-8-7-20(12-6-9-26(21,22)10-12)14(25)19-11-2-4-13(5-3-11)24-15(16,17)18/h2-5,12H,6-10H2,1H3,(H,19,25)/t12-/m1/s1. The molecule has 26 heavy (non-hydrogen) atoms. The molecule has 0 radical (unpaired) electrons. The highest BCUT2D eigenvalue weighted by atomic mass is 32.2. The maximum Gasteiger partial charge on any atom is 0.573 e. The van der Waals surface area contributed by atoms with E-state index >= 15 is 0 Å². The third kappa shape index (κ3) is 6.29. The van der Waals surface area contributed by atoms with Gasteiger partial charge in [-0.1, -0.05) is 0 Å². The Balaban J connectivity index is 2.04. The van der Waals surface area contributed by atoms with E-state index in [0.717, 1.165) is 12.1 Å². The molecule has 0 amide bonds. The van der Waals surface area contributed by atoms with E-state index in [0.29, 0.717) is 25.3 Å². The van der Waals surface area contributed by atoms with Gasteiger partial charge in [-0.2, -0.15) is 0 Å². The highest BCUT2D eigenvalue weighted by Crippen LogP contribution is 2.24. The van der Waals surface area contributed by atoms with Crippen molar-refractivity contribution in [2.75, 3.05) is 37.1 Å². The molecule has 1 heterocycles. The van der Waals surface area contributed by atoms with E-state index in [2.05, 4.69) is 10.1 Å². The van der Waals surface area contributed by atoms with Crippen LogP contribution in [0, 0.1) is 0 Å². The van der Waals surface area contributed by atoms with Crippen molar-refractivity contribution in [2.45, 2.75) is 18.8 Å². The van der Waals surface area contributed by atoms with Crippen molar-refractivity contribution >= 4 is 32.9 Å². The number of methoxy groups -OCH3 is 1. The number of nitrogens with zero attached hydrogens (tertiary/aromatic N) is 1. The van der Waals surface area contributed by atoms with Crippen molar-refractivity contribution in [3.63, 3.8) is 0 Å². The monoisotopic (exact) mass is 412 g/mol. The van der Waals surface area contributed by atoms with Gasteiger partial charge in [0.15, 0.2) is 14.9 Å². The Hall–Kier alpha value is -1.59. The van der Waals surface area contributed by atoms with Gasteiger partial charge in [0.25, 0.3) is 0 Å². The molecule has 1 aliphatic heterocycles. The molecular weight excluding hydrogens is 393 g/mol. The minimum absolute atomic E-state index is 0.0108. The lowest BCUT2D eigenvalue weighted by Crippen LogP contribution is -2.45. The second kappa shape index (κ2) is 8.40. The lowest BCUT2D eigenvalue weighted by Gasteiger charge is -2.30. The van der Waals surface area contributed by atoms with E-state index < -0.39 is 16.2 Å². The van der Waals surface area contributed by atoms with Gasteiger partial charge >= 0.3 is 6.36 Å². The molecule has 2 rings (SSSR count). The number of hydrogen-bond acceptors (Lipinski definition) is 5. The van der Waals surface area contributed by atoms with Crippen molar-refractivity contribution in [1.29, 1.82) is 0 Å². The van der Waals surface area contributed by atoms with Gasteiger partial charge in [0.05, 0.1) is 18.1 Å². The van der Waals surface area contributed by atoms with E-state index in [1.54, 1.807) is 4.90 Å². The lowest BCUT2D eigenvalue weighted by molar-refractivity contribution is -0.274. The largest absolute Gasteiger partial charge is 0.573 e. The summed E-state index contributed by atoms with van der Waals surface area (Å²) < 4.78 is 68.9. The minimum atomic E-state index is -4.75. The zero-order chi connectivity index (χ0) is 19.4. The molecule has 1 aromatic rings. The molecule has 146 valence electrons. The molecule has 0 aromatic heterocycles. The first-order chi connectivity index (χ1) is 12.1. The van der Waals surface area contributed by atoms with Crippen LogP contribution in [-0.4, -0.2) is 62.6 Å². The summed E-state index contributed by atoms with van der Waals surface area (Å²) in [6, 6.07) is 4.86. The normalized spacial score (nSPS) is 19.2. The maximum atomic E-state index is 12.2. The van der Waals surface area contributed by atoms with Crippen molar-refractivity contribution in [3.05, 3.63) is 24.3 Å². The molecule has 1 aliphatic rings. The number of halogens is 3. The highest BCUT2D eigenvalue weighted by Gasteiger charge is 2.33. The molecule has 1 fully saturated rings. The number of alkyl halides is 3. The van der Waals surface area contributed by atoms with Crippen LogP contribution in [0.4, 0.5) is 18.9 Å². The SMILES string of the molecule is COCCN(C(=S)Nc1ccc(OC(F)(F)F)cc1)[C@@H]1CCS(=O)(=O)C1. The van der Waals surface area contributed by atoms with Gasteiger partial charge in [0.2, 0.25) is 0 Å². The number of ether oxygens (including phenoxy) is 2. The van der Waals surface area contributed by atoms with Gasteiger partial charge in [-0.3, -0.25) is 0 Å². The van der Waals surface area contributed by atoms with Crippen molar-refractivity contribution < 1.29 is 31.1 Å². The van der Waals surface area contributed by atoms with Crippen LogP contribution in [0.3, 0.4) is 0 Å². The van der Waals surface area contributed by atoms with Crippen LogP contribution in [0.2, 0.25) is 0 Å². The van der Waals surface area contributed by atoms with E-state index in [-0.39, 0.29) is 28.4 Å². The van der Waals surface area contributed by atoms with Crippen LogP contribution in [-0.2, 0) is 14.6 Å². The predicted octanol–water partition coefficient (Wildman–Crippen LogP) is 2.42. The lowest BCUT2D eigenvalue weighted by atomic mass is 10.2. The van der Waals surface area contributed by atoms with Gasteiger partial charge in [-0.25, -0.2) is 8.42 Å². The zero-order valence-corrected chi connectivity index (χ0v) is 15.6. The molecule has 11 heteroatoms. The van der Waals surface area contributed by atoms with E-state index in [9.17, 15) is 21.6 Å². The minimum Gasteiger partial charge on any atom is -0.406 e. The number of rotatable bonds is 6.